The molecule has 3 nitrogen and oxygen atoms in total. The average molecular weight is 273 g/mol. The Morgan fingerprint density at radius 3 is 2.53 bits per heavy atom. The Kier molecular flexibility index (Phi) is 3.71. The lowest BCUT2D eigenvalue weighted by molar-refractivity contribution is -0.141. The molecular weight excluding hydrogens is 255 g/mol. The van der Waals surface area contributed by atoms with Gasteiger partial charge in [-0.25, -0.2) is 4.98 Å². The second-order valence-electron chi connectivity index (χ2n) is 5.15. The molecule has 1 aliphatic rings. The fraction of sp³-hybridized carbons (Fsp3) is 0.615. The van der Waals surface area contributed by atoms with Crippen LogP contribution in [0.15, 0.2) is 18.3 Å². The van der Waals surface area contributed by atoms with Crippen LogP contribution >= 0.6 is 0 Å². The molecule has 106 valence electrons. The second kappa shape index (κ2) is 5.00. The van der Waals surface area contributed by atoms with Crippen molar-refractivity contribution in [3.05, 3.63) is 24.0 Å². The van der Waals surface area contributed by atoms with Gasteiger partial charge in [0.2, 0.25) is 0 Å². The van der Waals surface area contributed by atoms with Gasteiger partial charge >= 0.3 is 6.18 Å². The number of piperidine rings is 1. The van der Waals surface area contributed by atoms with Crippen molar-refractivity contribution in [2.75, 3.05) is 11.4 Å². The highest BCUT2D eigenvalue weighted by molar-refractivity contribution is 5.46. The van der Waals surface area contributed by atoms with E-state index in [9.17, 15) is 13.2 Å². The van der Waals surface area contributed by atoms with Crippen molar-refractivity contribution in [1.82, 2.24) is 4.98 Å². The van der Waals surface area contributed by atoms with Crippen LogP contribution in [0.4, 0.5) is 18.9 Å². The lowest BCUT2D eigenvalue weighted by atomic mass is 9.87. The Balaban J connectivity index is 2.19. The number of pyridine rings is 1. The first kappa shape index (κ1) is 14.1. The van der Waals surface area contributed by atoms with Crippen molar-refractivity contribution in [2.24, 2.45) is 11.7 Å². The monoisotopic (exact) mass is 273 g/mol. The normalized spacial score (nSPS) is 28.5. The first-order valence-corrected chi connectivity index (χ1v) is 6.36. The summed E-state index contributed by atoms with van der Waals surface area (Å²) in [5, 5.41) is 0. The van der Waals surface area contributed by atoms with Gasteiger partial charge in [0.15, 0.2) is 0 Å². The van der Waals surface area contributed by atoms with Crippen LogP contribution in [0.5, 0.6) is 0 Å². The summed E-state index contributed by atoms with van der Waals surface area (Å²) in [6.07, 6.45) is -2.25. The summed E-state index contributed by atoms with van der Waals surface area (Å²) in [6, 6.07) is 2.85. The third-order valence-electron chi connectivity index (χ3n) is 4.00. The highest BCUT2D eigenvalue weighted by Crippen LogP contribution is 2.31. The number of nitrogens with two attached hydrogens (primary N) is 1. The van der Waals surface area contributed by atoms with Crippen molar-refractivity contribution >= 4 is 5.69 Å². The molecule has 0 bridgehead atoms. The van der Waals surface area contributed by atoms with Crippen LogP contribution in [0, 0.1) is 5.92 Å². The summed E-state index contributed by atoms with van der Waals surface area (Å²) in [5.41, 5.74) is 5.86. The highest BCUT2D eigenvalue weighted by Gasteiger charge is 2.33. The molecule has 1 aliphatic heterocycles. The predicted molar refractivity (Wildman–Crippen MR) is 67.8 cm³/mol. The van der Waals surface area contributed by atoms with Crippen LogP contribution < -0.4 is 10.6 Å². The fourth-order valence-corrected chi connectivity index (χ4v) is 2.48. The zero-order chi connectivity index (χ0) is 14.2. The number of alkyl halides is 3. The molecule has 1 aromatic rings. The Morgan fingerprint density at radius 1 is 1.32 bits per heavy atom. The standard InChI is InChI=1S/C13H18F3N3/c1-8-9(2)19(6-5-11(8)17)10-3-4-12(18-7-10)13(14,15)16/h3-4,7-9,11H,5-6,17H2,1-2H3. The van der Waals surface area contributed by atoms with Gasteiger partial charge in [-0.2, -0.15) is 13.2 Å². The van der Waals surface area contributed by atoms with Gasteiger partial charge in [-0.05, 0) is 31.4 Å². The molecule has 1 aromatic heterocycles. The van der Waals surface area contributed by atoms with Crippen molar-refractivity contribution in [1.29, 1.82) is 0 Å². The maximum Gasteiger partial charge on any atom is 0.433 e. The van der Waals surface area contributed by atoms with E-state index in [-0.39, 0.29) is 12.1 Å². The van der Waals surface area contributed by atoms with E-state index in [4.69, 9.17) is 5.73 Å². The third-order valence-corrected chi connectivity index (χ3v) is 4.00. The molecule has 3 unspecified atom stereocenters. The molecule has 2 N–H and O–H groups in total. The van der Waals surface area contributed by atoms with Gasteiger partial charge in [-0.1, -0.05) is 6.92 Å². The minimum absolute atomic E-state index is 0.147. The van der Waals surface area contributed by atoms with Gasteiger partial charge in [0.25, 0.3) is 0 Å². The van der Waals surface area contributed by atoms with E-state index in [0.717, 1.165) is 24.7 Å². The van der Waals surface area contributed by atoms with Gasteiger partial charge in [0.1, 0.15) is 5.69 Å². The summed E-state index contributed by atoms with van der Waals surface area (Å²) in [4.78, 5) is 5.58. The Labute approximate surface area is 110 Å². The van der Waals surface area contributed by atoms with E-state index >= 15 is 0 Å². The first-order valence-electron chi connectivity index (χ1n) is 6.36. The Morgan fingerprint density at radius 2 is 2.00 bits per heavy atom. The van der Waals surface area contributed by atoms with Crippen LogP contribution in [0.3, 0.4) is 0 Å². The zero-order valence-electron chi connectivity index (χ0n) is 11.0. The van der Waals surface area contributed by atoms with E-state index in [0.29, 0.717) is 5.92 Å². The van der Waals surface area contributed by atoms with Crippen LogP contribution in [0.25, 0.3) is 0 Å². The molecule has 1 fully saturated rings. The quantitative estimate of drug-likeness (QED) is 0.855. The largest absolute Gasteiger partial charge is 0.433 e. The summed E-state index contributed by atoms with van der Waals surface area (Å²) < 4.78 is 37.4. The predicted octanol–water partition coefficient (Wildman–Crippen LogP) is 2.66. The third kappa shape index (κ3) is 2.83. The van der Waals surface area contributed by atoms with E-state index in [1.54, 1.807) is 0 Å². The molecule has 2 rings (SSSR count). The first-order chi connectivity index (χ1) is 8.80. The van der Waals surface area contributed by atoms with Gasteiger partial charge < -0.3 is 10.6 Å². The molecular formula is C13H18F3N3. The number of hydrogen-bond donors (Lipinski definition) is 1. The topological polar surface area (TPSA) is 42.1 Å². The maximum absolute atomic E-state index is 12.5. The number of aromatic nitrogens is 1. The average Bonchev–Trinajstić information content (AvgIpc) is 2.35. The second-order valence-corrected chi connectivity index (χ2v) is 5.15. The number of halogens is 3. The SMILES string of the molecule is CC1C(N)CCN(c2ccc(C(F)(F)F)nc2)C1C. The van der Waals surface area contributed by atoms with Gasteiger partial charge in [0.05, 0.1) is 11.9 Å². The molecule has 2 heterocycles. The van der Waals surface area contributed by atoms with Crippen LogP contribution in [-0.4, -0.2) is 23.6 Å². The van der Waals surface area contributed by atoms with Gasteiger partial charge in [0, 0.05) is 18.6 Å². The summed E-state index contributed by atoms with van der Waals surface area (Å²) in [5.74, 6) is 0.302. The summed E-state index contributed by atoms with van der Waals surface area (Å²) in [7, 11) is 0. The minimum Gasteiger partial charge on any atom is -0.367 e. The van der Waals surface area contributed by atoms with E-state index in [1.807, 2.05) is 6.92 Å². The zero-order valence-corrected chi connectivity index (χ0v) is 11.0. The maximum atomic E-state index is 12.5. The van der Waals surface area contributed by atoms with Crippen molar-refractivity contribution in [2.45, 2.75) is 38.5 Å². The lowest BCUT2D eigenvalue weighted by Gasteiger charge is -2.42. The smallest absolute Gasteiger partial charge is 0.367 e. The summed E-state index contributed by atoms with van der Waals surface area (Å²) in [6.45, 7) is 4.86. The molecule has 1 saturated heterocycles. The Bertz CT molecular complexity index is 430. The molecule has 0 radical (unpaired) electrons. The van der Waals surface area contributed by atoms with Crippen molar-refractivity contribution in [3.8, 4) is 0 Å². The molecule has 6 heteroatoms. The molecule has 0 aliphatic carbocycles. The van der Waals surface area contributed by atoms with Crippen LogP contribution in [0.1, 0.15) is 26.0 Å². The molecule has 0 amide bonds. The number of rotatable bonds is 1. The van der Waals surface area contributed by atoms with E-state index < -0.39 is 11.9 Å². The molecule has 0 saturated carbocycles. The lowest BCUT2D eigenvalue weighted by Crippen LogP contribution is -2.51. The molecule has 19 heavy (non-hydrogen) atoms. The van der Waals surface area contributed by atoms with Crippen LogP contribution in [0.2, 0.25) is 0 Å². The number of anilines is 1. The van der Waals surface area contributed by atoms with Crippen LogP contribution in [-0.2, 0) is 6.18 Å². The number of hydrogen-bond acceptors (Lipinski definition) is 3. The molecule has 3 atom stereocenters. The minimum atomic E-state index is -4.39. The highest BCUT2D eigenvalue weighted by atomic mass is 19.4. The van der Waals surface area contributed by atoms with Gasteiger partial charge in [-0.3, -0.25) is 0 Å². The summed E-state index contributed by atoms with van der Waals surface area (Å²) >= 11 is 0. The van der Waals surface area contributed by atoms with E-state index in [1.165, 1.54) is 12.3 Å². The van der Waals surface area contributed by atoms with E-state index in [2.05, 4.69) is 16.8 Å². The van der Waals surface area contributed by atoms with Crippen molar-refractivity contribution < 1.29 is 13.2 Å². The molecule has 0 spiro atoms. The Hall–Kier alpha value is -1.30. The molecule has 0 aromatic carbocycles. The fourth-order valence-electron chi connectivity index (χ4n) is 2.48. The number of nitrogens with zero attached hydrogens (tertiary/aromatic N) is 2. The van der Waals surface area contributed by atoms with Crippen molar-refractivity contribution in [3.63, 3.8) is 0 Å². The van der Waals surface area contributed by atoms with Gasteiger partial charge in [-0.15, -0.1) is 0 Å².